The minimum atomic E-state index is -3.50. The van der Waals surface area contributed by atoms with E-state index in [1.54, 1.807) is 0 Å². The quantitative estimate of drug-likeness (QED) is 0.595. The number of hydrogen-bond donors (Lipinski definition) is 0. The van der Waals surface area contributed by atoms with Crippen LogP contribution in [0, 0.1) is 11.3 Å². The van der Waals surface area contributed by atoms with Gasteiger partial charge in [-0.1, -0.05) is 0 Å². The fraction of sp³-hybridized carbons (Fsp3) is 0.800. The van der Waals surface area contributed by atoms with Gasteiger partial charge >= 0.3 is 0 Å². The highest BCUT2D eigenvalue weighted by molar-refractivity contribution is 8.15. The van der Waals surface area contributed by atoms with E-state index in [1.165, 1.54) is 0 Å². The molecule has 0 aromatic heterocycles. The molecular formula is C5H6ClNO2S. The first-order valence-electron chi connectivity index (χ1n) is 2.83. The van der Waals surface area contributed by atoms with Gasteiger partial charge in [-0.3, -0.25) is 0 Å². The molecule has 10 heavy (non-hydrogen) atoms. The Morgan fingerprint density at radius 2 is 2.10 bits per heavy atom. The molecule has 0 heterocycles. The molecule has 1 fully saturated rings. The molecule has 0 aliphatic heterocycles. The number of nitriles is 1. The number of halogens is 1. The van der Waals surface area contributed by atoms with E-state index in [4.69, 9.17) is 15.9 Å². The van der Waals surface area contributed by atoms with Gasteiger partial charge in [-0.05, 0) is 12.8 Å². The molecule has 0 amide bonds. The van der Waals surface area contributed by atoms with E-state index in [-0.39, 0.29) is 6.42 Å². The summed E-state index contributed by atoms with van der Waals surface area (Å²) >= 11 is 0. The van der Waals surface area contributed by atoms with Crippen molar-refractivity contribution >= 4 is 19.7 Å². The van der Waals surface area contributed by atoms with Crippen LogP contribution in [0.4, 0.5) is 0 Å². The van der Waals surface area contributed by atoms with Crippen molar-refractivity contribution in [2.45, 2.75) is 24.0 Å². The Morgan fingerprint density at radius 3 is 2.20 bits per heavy atom. The van der Waals surface area contributed by atoms with Gasteiger partial charge in [0.1, 0.15) is 0 Å². The minimum absolute atomic E-state index is 0.0266. The van der Waals surface area contributed by atoms with Crippen LogP contribution in [0.25, 0.3) is 0 Å². The Hall–Kier alpha value is -0.270. The summed E-state index contributed by atoms with van der Waals surface area (Å²) < 4.78 is 20.6. The lowest BCUT2D eigenvalue weighted by Gasteiger charge is -2.02. The van der Waals surface area contributed by atoms with E-state index in [1.807, 2.05) is 6.07 Å². The first-order valence-corrected chi connectivity index (χ1v) is 5.14. The molecule has 0 radical (unpaired) electrons. The largest absolute Gasteiger partial charge is 0.239 e. The second-order valence-electron chi connectivity index (χ2n) is 2.46. The van der Waals surface area contributed by atoms with Crippen molar-refractivity contribution in [3.8, 4) is 6.07 Å². The van der Waals surface area contributed by atoms with Gasteiger partial charge in [0.25, 0.3) is 0 Å². The number of hydrogen-bond acceptors (Lipinski definition) is 3. The highest BCUT2D eigenvalue weighted by Gasteiger charge is 2.53. The van der Waals surface area contributed by atoms with Crippen molar-refractivity contribution in [2.75, 3.05) is 0 Å². The van der Waals surface area contributed by atoms with Crippen LogP contribution in [0.1, 0.15) is 19.3 Å². The molecule has 0 N–H and O–H groups in total. The summed E-state index contributed by atoms with van der Waals surface area (Å²) in [5, 5.41) is 8.23. The molecule has 3 nitrogen and oxygen atoms in total. The third-order valence-corrected chi connectivity index (χ3v) is 4.30. The molecule has 5 heteroatoms. The van der Waals surface area contributed by atoms with Crippen LogP contribution >= 0.6 is 10.7 Å². The van der Waals surface area contributed by atoms with Gasteiger partial charge in [0, 0.05) is 10.7 Å². The van der Waals surface area contributed by atoms with Crippen molar-refractivity contribution in [3.63, 3.8) is 0 Å². The molecule has 0 spiro atoms. The summed E-state index contributed by atoms with van der Waals surface area (Å²) in [5.74, 6) is 0. The zero-order valence-corrected chi connectivity index (χ0v) is 6.74. The first-order chi connectivity index (χ1) is 4.52. The van der Waals surface area contributed by atoms with E-state index in [9.17, 15) is 8.42 Å². The maximum absolute atomic E-state index is 10.7. The number of nitrogens with zero attached hydrogens (tertiary/aromatic N) is 1. The molecule has 1 saturated carbocycles. The second kappa shape index (κ2) is 2.11. The first kappa shape index (κ1) is 7.83. The van der Waals surface area contributed by atoms with Crippen LogP contribution in [0.5, 0.6) is 0 Å². The Bertz CT molecular complexity index is 273. The normalized spacial score (nSPS) is 21.6. The molecule has 0 unspecified atom stereocenters. The van der Waals surface area contributed by atoms with Crippen molar-refractivity contribution < 1.29 is 8.42 Å². The molecule has 0 aromatic carbocycles. The molecule has 1 aliphatic rings. The standard InChI is InChI=1S/C5H6ClNO2S/c6-10(8,9)5(1-2-5)3-4-7/h1-3H2. The van der Waals surface area contributed by atoms with Gasteiger partial charge in [-0.15, -0.1) is 0 Å². The lowest BCUT2D eigenvalue weighted by molar-refractivity contribution is 0.592. The Balaban J connectivity index is 2.83. The fourth-order valence-corrected chi connectivity index (χ4v) is 2.24. The zero-order valence-electron chi connectivity index (χ0n) is 5.17. The van der Waals surface area contributed by atoms with Crippen LogP contribution in [0.3, 0.4) is 0 Å². The zero-order chi connectivity index (χ0) is 7.83. The van der Waals surface area contributed by atoms with Crippen LogP contribution in [0.2, 0.25) is 0 Å². The molecule has 0 saturated heterocycles. The Kier molecular flexibility index (Phi) is 1.65. The lowest BCUT2D eigenvalue weighted by atomic mass is 10.3. The van der Waals surface area contributed by atoms with E-state index in [0.717, 1.165) is 0 Å². The highest BCUT2D eigenvalue weighted by atomic mass is 35.7. The highest BCUT2D eigenvalue weighted by Crippen LogP contribution is 2.47. The van der Waals surface area contributed by atoms with E-state index in [2.05, 4.69) is 0 Å². The van der Waals surface area contributed by atoms with Crippen LogP contribution in [-0.2, 0) is 9.05 Å². The third kappa shape index (κ3) is 1.11. The SMILES string of the molecule is N#CCC1(S(=O)(=O)Cl)CC1. The molecule has 0 aromatic rings. The maximum Gasteiger partial charge on any atom is 0.239 e. The summed E-state index contributed by atoms with van der Waals surface area (Å²) in [5.41, 5.74) is 0. The summed E-state index contributed by atoms with van der Waals surface area (Å²) in [6.07, 6.45) is 1.09. The van der Waals surface area contributed by atoms with Gasteiger partial charge in [0.05, 0.1) is 17.2 Å². The predicted molar refractivity (Wildman–Crippen MR) is 37.0 cm³/mol. The van der Waals surface area contributed by atoms with Crippen molar-refractivity contribution in [1.29, 1.82) is 5.26 Å². The summed E-state index contributed by atoms with van der Waals surface area (Å²) in [4.78, 5) is 0. The number of rotatable bonds is 2. The van der Waals surface area contributed by atoms with Gasteiger partial charge in [0.15, 0.2) is 0 Å². The molecule has 0 bridgehead atoms. The third-order valence-electron chi connectivity index (χ3n) is 1.73. The van der Waals surface area contributed by atoms with Crippen LogP contribution in [-0.4, -0.2) is 13.2 Å². The van der Waals surface area contributed by atoms with Gasteiger partial charge in [-0.2, -0.15) is 5.26 Å². The van der Waals surface area contributed by atoms with Gasteiger partial charge < -0.3 is 0 Å². The Labute approximate surface area is 64.0 Å². The van der Waals surface area contributed by atoms with E-state index in [0.29, 0.717) is 12.8 Å². The van der Waals surface area contributed by atoms with E-state index < -0.39 is 13.8 Å². The van der Waals surface area contributed by atoms with Crippen molar-refractivity contribution in [1.82, 2.24) is 0 Å². The minimum Gasteiger partial charge on any atom is -0.212 e. The molecule has 1 rings (SSSR count). The lowest BCUT2D eigenvalue weighted by Crippen LogP contribution is -2.16. The van der Waals surface area contributed by atoms with Gasteiger partial charge in [-0.25, -0.2) is 8.42 Å². The molecule has 1 aliphatic carbocycles. The van der Waals surface area contributed by atoms with Crippen molar-refractivity contribution in [2.24, 2.45) is 0 Å². The van der Waals surface area contributed by atoms with Crippen LogP contribution in [0.15, 0.2) is 0 Å². The maximum atomic E-state index is 10.7. The van der Waals surface area contributed by atoms with E-state index >= 15 is 0 Å². The Morgan fingerprint density at radius 1 is 1.60 bits per heavy atom. The summed E-state index contributed by atoms with van der Waals surface area (Å²) in [6.45, 7) is 0. The average molecular weight is 180 g/mol. The smallest absolute Gasteiger partial charge is 0.212 e. The molecule has 0 atom stereocenters. The van der Waals surface area contributed by atoms with Crippen molar-refractivity contribution in [3.05, 3.63) is 0 Å². The summed E-state index contributed by atoms with van der Waals surface area (Å²) in [7, 11) is 1.58. The fourth-order valence-electron chi connectivity index (χ4n) is 0.790. The topological polar surface area (TPSA) is 57.9 Å². The van der Waals surface area contributed by atoms with Gasteiger partial charge in [0.2, 0.25) is 9.05 Å². The predicted octanol–water partition coefficient (Wildman–Crippen LogP) is 1.00. The summed E-state index contributed by atoms with van der Waals surface area (Å²) in [6, 6.07) is 1.81. The average Bonchev–Trinajstić information content (AvgIpc) is 2.45. The molecule has 56 valence electrons. The molecular weight excluding hydrogens is 174 g/mol. The van der Waals surface area contributed by atoms with Crippen LogP contribution < -0.4 is 0 Å². The monoisotopic (exact) mass is 179 g/mol. The second-order valence-corrected chi connectivity index (χ2v) is 5.42.